The van der Waals surface area contributed by atoms with Crippen molar-refractivity contribution in [2.45, 2.75) is 95.6 Å². The highest BCUT2D eigenvalue weighted by Gasteiger charge is 2.53. The van der Waals surface area contributed by atoms with E-state index in [0.717, 1.165) is 51.4 Å². The maximum atomic E-state index is 12.3. The molecule has 1 aliphatic carbocycles. The molecule has 0 radical (unpaired) electrons. The van der Waals surface area contributed by atoms with E-state index < -0.39 is 0 Å². The fraction of sp³-hybridized carbons (Fsp3) is 0.938. The van der Waals surface area contributed by atoms with Crippen LogP contribution in [0.4, 0.5) is 0 Å². The van der Waals surface area contributed by atoms with Gasteiger partial charge in [-0.1, -0.05) is 46.0 Å². The van der Waals surface area contributed by atoms with Crippen LogP contribution in [0.2, 0.25) is 0 Å². The largest absolute Gasteiger partial charge is 0.313 e. The fourth-order valence-corrected chi connectivity index (χ4v) is 4.49. The molecule has 3 nitrogen and oxygen atoms in total. The summed E-state index contributed by atoms with van der Waals surface area (Å²) in [5, 5.41) is 12.6. The Morgan fingerprint density at radius 2 is 1.63 bits per heavy atom. The zero-order chi connectivity index (χ0) is 13.9. The Bertz CT molecular complexity index is 315. The van der Waals surface area contributed by atoms with E-state index in [4.69, 9.17) is 0 Å². The topological polar surface area (TPSA) is 40.5 Å². The second kappa shape index (κ2) is 5.92. The van der Waals surface area contributed by atoms with E-state index in [0.29, 0.717) is 18.6 Å². The number of hydrogen-bond donors (Lipinski definition) is 1. The molecule has 1 heterocycles. The van der Waals surface area contributed by atoms with Crippen LogP contribution in [0.25, 0.3) is 0 Å². The molecule has 0 atom stereocenters. The molecule has 1 aliphatic heterocycles. The van der Waals surface area contributed by atoms with Crippen molar-refractivity contribution in [2.75, 3.05) is 0 Å². The van der Waals surface area contributed by atoms with Gasteiger partial charge in [-0.2, -0.15) is 5.06 Å². The first-order valence-corrected chi connectivity index (χ1v) is 8.09. The molecule has 0 bridgehead atoms. The van der Waals surface area contributed by atoms with Gasteiger partial charge in [-0.3, -0.25) is 4.79 Å². The van der Waals surface area contributed by atoms with Gasteiger partial charge in [0.1, 0.15) is 5.78 Å². The van der Waals surface area contributed by atoms with Gasteiger partial charge in [-0.25, -0.2) is 0 Å². The van der Waals surface area contributed by atoms with Crippen LogP contribution >= 0.6 is 0 Å². The summed E-state index contributed by atoms with van der Waals surface area (Å²) in [4.78, 5) is 12.3. The van der Waals surface area contributed by atoms with Gasteiger partial charge in [0.05, 0.1) is 11.1 Å². The van der Waals surface area contributed by atoms with Gasteiger partial charge in [0.15, 0.2) is 0 Å². The third kappa shape index (κ3) is 2.73. The van der Waals surface area contributed by atoms with Crippen LogP contribution in [0.1, 0.15) is 84.5 Å². The van der Waals surface area contributed by atoms with E-state index in [1.807, 2.05) is 0 Å². The van der Waals surface area contributed by atoms with Crippen LogP contribution in [0.15, 0.2) is 0 Å². The van der Waals surface area contributed by atoms with E-state index in [9.17, 15) is 10.0 Å². The van der Waals surface area contributed by atoms with Crippen molar-refractivity contribution in [3.63, 3.8) is 0 Å². The number of nitrogens with zero attached hydrogens (tertiary/aromatic N) is 1. The molecule has 2 fully saturated rings. The molecule has 0 aromatic heterocycles. The minimum Gasteiger partial charge on any atom is -0.313 e. The lowest BCUT2D eigenvalue weighted by atomic mass is 9.68. The Balaban J connectivity index is 2.29. The number of carbonyl (C=O) groups is 1. The van der Waals surface area contributed by atoms with Crippen molar-refractivity contribution in [3.8, 4) is 0 Å². The number of carbonyl (C=O) groups excluding carboxylic acids is 1. The molecule has 1 saturated heterocycles. The van der Waals surface area contributed by atoms with Crippen LogP contribution in [-0.2, 0) is 4.79 Å². The Hall–Kier alpha value is -0.410. The van der Waals surface area contributed by atoms with Crippen LogP contribution < -0.4 is 0 Å². The lowest BCUT2D eigenvalue weighted by Crippen LogP contribution is -2.64. The van der Waals surface area contributed by atoms with Crippen molar-refractivity contribution >= 4 is 5.78 Å². The number of hydroxylamine groups is 2. The third-order valence-corrected chi connectivity index (χ3v) is 5.17. The van der Waals surface area contributed by atoms with Gasteiger partial charge >= 0.3 is 0 Å². The van der Waals surface area contributed by atoms with Crippen LogP contribution in [-0.4, -0.2) is 27.1 Å². The van der Waals surface area contributed by atoms with Gasteiger partial charge in [0, 0.05) is 12.8 Å². The molecule has 1 saturated carbocycles. The van der Waals surface area contributed by atoms with Gasteiger partial charge in [-0.15, -0.1) is 0 Å². The Labute approximate surface area is 117 Å². The zero-order valence-corrected chi connectivity index (χ0v) is 12.6. The van der Waals surface area contributed by atoms with Crippen LogP contribution in [0, 0.1) is 0 Å². The number of hydrogen-bond acceptors (Lipinski definition) is 3. The smallest absolute Gasteiger partial charge is 0.136 e. The van der Waals surface area contributed by atoms with E-state index >= 15 is 0 Å². The average molecular weight is 267 g/mol. The van der Waals surface area contributed by atoms with Crippen molar-refractivity contribution in [1.82, 2.24) is 5.06 Å². The molecular formula is C16H29NO2. The quantitative estimate of drug-likeness (QED) is 0.834. The highest BCUT2D eigenvalue weighted by atomic mass is 16.5. The van der Waals surface area contributed by atoms with Gasteiger partial charge in [-0.05, 0) is 25.7 Å². The number of piperidine rings is 1. The molecule has 1 N–H and O–H groups in total. The Kier molecular flexibility index (Phi) is 4.67. The third-order valence-electron chi connectivity index (χ3n) is 5.17. The second-order valence-corrected chi connectivity index (χ2v) is 6.71. The minimum absolute atomic E-state index is 0.238. The van der Waals surface area contributed by atoms with E-state index in [1.54, 1.807) is 5.06 Å². The summed E-state index contributed by atoms with van der Waals surface area (Å²) in [5.74, 6) is 0.370. The van der Waals surface area contributed by atoms with Crippen molar-refractivity contribution in [3.05, 3.63) is 0 Å². The molecule has 110 valence electrons. The lowest BCUT2D eigenvalue weighted by molar-refractivity contribution is -0.267. The average Bonchev–Trinajstić information content (AvgIpc) is 2.38. The Morgan fingerprint density at radius 3 is 2.16 bits per heavy atom. The van der Waals surface area contributed by atoms with Gasteiger partial charge < -0.3 is 5.21 Å². The van der Waals surface area contributed by atoms with Crippen molar-refractivity contribution < 1.29 is 10.0 Å². The molecule has 3 heteroatoms. The van der Waals surface area contributed by atoms with Crippen molar-refractivity contribution in [2.24, 2.45) is 0 Å². The van der Waals surface area contributed by atoms with Crippen molar-refractivity contribution in [1.29, 1.82) is 0 Å². The van der Waals surface area contributed by atoms with Crippen LogP contribution in [0.5, 0.6) is 0 Å². The number of rotatable bonds is 4. The lowest BCUT2D eigenvalue weighted by Gasteiger charge is -2.55. The predicted octanol–water partition coefficient (Wildman–Crippen LogP) is 4.08. The molecule has 2 rings (SSSR count). The molecule has 0 aromatic rings. The molecular weight excluding hydrogens is 238 g/mol. The molecule has 2 aliphatic rings. The SMILES string of the molecule is CCCC1(CCC)CC(=O)CC2(CCCCC2)N1O. The second-order valence-electron chi connectivity index (χ2n) is 6.71. The van der Waals surface area contributed by atoms with E-state index in [1.165, 1.54) is 6.42 Å². The van der Waals surface area contributed by atoms with Gasteiger partial charge in [0.2, 0.25) is 0 Å². The van der Waals surface area contributed by atoms with E-state index in [-0.39, 0.29) is 11.1 Å². The summed E-state index contributed by atoms with van der Waals surface area (Å²) >= 11 is 0. The summed E-state index contributed by atoms with van der Waals surface area (Å²) in [6.07, 6.45) is 10.6. The first kappa shape index (κ1) is 15.0. The predicted molar refractivity (Wildman–Crippen MR) is 76.2 cm³/mol. The molecule has 0 amide bonds. The van der Waals surface area contributed by atoms with Crippen LogP contribution in [0.3, 0.4) is 0 Å². The summed E-state index contributed by atoms with van der Waals surface area (Å²) in [5.41, 5.74) is -0.520. The fourth-order valence-electron chi connectivity index (χ4n) is 4.49. The highest BCUT2D eigenvalue weighted by molar-refractivity contribution is 5.82. The molecule has 0 unspecified atom stereocenters. The summed E-state index contributed by atoms with van der Waals surface area (Å²) in [6.45, 7) is 4.30. The summed E-state index contributed by atoms with van der Waals surface area (Å²) in [6, 6.07) is 0. The molecule has 0 aromatic carbocycles. The molecule has 19 heavy (non-hydrogen) atoms. The summed E-state index contributed by atoms with van der Waals surface area (Å²) < 4.78 is 0. The number of ketones is 1. The highest BCUT2D eigenvalue weighted by Crippen LogP contribution is 2.47. The van der Waals surface area contributed by atoms with E-state index in [2.05, 4.69) is 13.8 Å². The minimum atomic E-state index is -0.282. The Morgan fingerprint density at radius 1 is 1.05 bits per heavy atom. The standard InChI is InChI=1S/C16H29NO2/c1-3-8-15(9-4-2)12-14(18)13-16(17(15)19)10-6-5-7-11-16/h19H,3-13H2,1-2H3. The zero-order valence-electron chi connectivity index (χ0n) is 12.6. The first-order chi connectivity index (χ1) is 9.08. The normalized spacial score (nSPS) is 26.8. The maximum absolute atomic E-state index is 12.3. The maximum Gasteiger partial charge on any atom is 0.136 e. The first-order valence-electron chi connectivity index (χ1n) is 8.09. The number of Topliss-reactive ketones (excluding diaryl/α,β-unsaturated/α-hetero) is 1. The van der Waals surface area contributed by atoms with Gasteiger partial charge in [0.25, 0.3) is 0 Å². The monoisotopic (exact) mass is 267 g/mol. The summed E-state index contributed by atoms with van der Waals surface area (Å²) in [7, 11) is 0. The molecule has 1 spiro atoms.